The van der Waals surface area contributed by atoms with Crippen LogP contribution in [0.15, 0.2) is 194 Å². The van der Waals surface area contributed by atoms with E-state index in [1.54, 1.807) is 0 Å². The highest BCUT2D eigenvalue weighted by Crippen LogP contribution is 2.51. The average Bonchev–Trinajstić information content (AvgIpc) is 1.58. The first kappa shape index (κ1) is 77.4. The number of benzene rings is 8. The molecule has 0 amide bonds. The molecule has 3 aliphatic heterocycles. The third kappa shape index (κ3) is 17.0. The lowest BCUT2D eigenvalue weighted by Gasteiger charge is -2.30. The van der Waals surface area contributed by atoms with Gasteiger partial charge in [-0.3, -0.25) is 9.15 Å². The van der Waals surface area contributed by atoms with E-state index in [1.165, 1.54) is 150 Å². The molecule has 0 bridgehead atoms. The van der Waals surface area contributed by atoms with Gasteiger partial charge in [0, 0.05) is 0 Å². The number of hydrogen-bond acceptors (Lipinski definition) is 0. The van der Waals surface area contributed by atoms with Crippen LogP contribution >= 0.6 is 0 Å². The normalized spacial score (nSPS) is 18.3. The van der Waals surface area contributed by atoms with E-state index >= 15 is 0 Å². The number of halogens is 26. The predicted octanol–water partition coefficient (Wildman–Crippen LogP) is 13.9. The Labute approximate surface area is 577 Å². The van der Waals surface area contributed by atoms with Gasteiger partial charge in [-0.1, -0.05) is 121 Å². The zero-order valence-electron chi connectivity index (χ0n) is 52.0. The van der Waals surface area contributed by atoms with E-state index in [0.29, 0.717) is 48.5 Å². The number of alkyl halides is 24. The maximum Gasteiger partial charge on any atom is 0.416 e. The molecule has 8 aromatic carbocycles. The topological polar surface area (TPSA) is 19.0 Å². The van der Waals surface area contributed by atoms with Crippen molar-refractivity contribution in [2.75, 3.05) is 26.2 Å². The van der Waals surface area contributed by atoms with Gasteiger partial charge in [-0.15, -0.1) is 0 Å². The number of guanidine groups is 2. The van der Waals surface area contributed by atoms with E-state index in [0.717, 1.165) is 0 Å². The average molecular weight is 1500 g/mol. The number of hydrogen-bond donors (Lipinski definition) is 0. The molecule has 3 fully saturated rings. The van der Waals surface area contributed by atoms with Crippen molar-refractivity contribution in [1.82, 2.24) is 19.6 Å². The summed E-state index contributed by atoms with van der Waals surface area (Å²) in [5.41, 5.74) is -15.8. The minimum atomic E-state index is -5.43. The summed E-state index contributed by atoms with van der Waals surface area (Å²) in [6.45, 7) is -5.66. The molecule has 544 valence electrons. The first-order valence-corrected chi connectivity index (χ1v) is 30.2. The maximum absolute atomic E-state index is 14.8. The lowest BCUT2D eigenvalue weighted by atomic mass is 9.92. The Morgan fingerprint density at radius 2 is 0.382 bits per heavy atom. The quantitative estimate of drug-likeness (QED) is 0.0896. The molecular formula is C70H52Cl2F24N6. The Bertz CT molecular complexity index is 3650. The number of rotatable bonds is 12. The molecule has 0 spiro atoms. The first-order chi connectivity index (χ1) is 46.6. The van der Waals surface area contributed by atoms with Crippen LogP contribution in [0.3, 0.4) is 0 Å². The molecule has 6 nitrogen and oxygen atoms in total. The molecule has 0 N–H and O–H groups in total. The summed E-state index contributed by atoms with van der Waals surface area (Å²) >= 11 is 0. The van der Waals surface area contributed by atoms with E-state index in [2.05, 4.69) is 0 Å². The Hall–Kier alpha value is -8.80. The van der Waals surface area contributed by atoms with Gasteiger partial charge in [0.25, 0.3) is 0 Å². The van der Waals surface area contributed by atoms with Crippen molar-refractivity contribution in [3.63, 3.8) is 0 Å². The minimum absolute atomic E-state index is 0. The largest absolute Gasteiger partial charge is 1.00 e. The molecule has 3 saturated heterocycles. The number of piperazine rings is 1. The van der Waals surface area contributed by atoms with E-state index in [-0.39, 0.29) is 83.3 Å². The van der Waals surface area contributed by atoms with Gasteiger partial charge in [-0.2, -0.15) is 105 Å². The van der Waals surface area contributed by atoms with Crippen LogP contribution in [0.25, 0.3) is 0 Å². The maximum atomic E-state index is 14.8. The molecule has 0 aliphatic carbocycles. The SMILES string of the molecule is FC(F)(F)c1cc(CN2C(=[N+]3CC[N+](=C4N(Cc5cc(C(F)(F)F)cc(C(F)(F)F)c5)[C@@H](c5ccccc5)[C@H](c5ccccc5)N4Cc4cc(C(F)(F)F)cc(C(F)(F)F)c4)CC3)N(Cc3cc(C(F)(F)F)cc(C(F)(F)F)c3)[C@@H](c3ccccc3)[C@@H]2c2ccccc2)cc(C(F)(F)F)c1.[Cl-].[Cl-]. The second kappa shape index (κ2) is 28.8. The molecule has 4 atom stereocenters. The zero-order chi connectivity index (χ0) is 72.5. The summed E-state index contributed by atoms with van der Waals surface area (Å²) < 4.78 is 358. The third-order valence-electron chi connectivity index (χ3n) is 17.4. The summed E-state index contributed by atoms with van der Waals surface area (Å²) in [5.74, 6) is -0.470. The van der Waals surface area contributed by atoms with Crippen molar-refractivity contribution < 1.29 is 139 Å². The second-order valence-corrected chi connectivity index (χ2v) is 24.2. The zero-order valence-corrected chi connectivity index (χ0v) is 53.5. The van der Waals surface area contributed by atoms with Gasteiger partial charge < -0.3 is 24.8 Å². The lowest BCUT2D eigenvalue weighted by Crippen LogP contribution is -3.00. The molecule has 0 saturated carbocycles. The van der Waals surface area contributed by atoms with Gasteiger partial charge in [0.15, 0.2) is 0 Å². The summed E-state index contributed by atoms with van der Waals surface area (Å²) in [6, 6.07) is 27.6. The summed E-state index contributed by atoms with van der Waals surface area (Å²) in [7, 11) is 0. The molecule has 32 heteroatoms. The van der Waals surface area contributed by atoms with Crippen molar-refractivity contribution in [3.05, 3.63) is 283 Å². The fourth-order valence-corrected chi connectivity index (χ4v) is 13.3. The van der Waals surface area contributed by atoms with Gasteiger partial charge in [-0.25, -0.2) is 19.6 Å². The molecule has 3 heterocycles. The Kier molecular flexibility index (Phi) is 21.8. The van der Waals surface area contributed by atoms with Gasteiger partial charge >= 0.3 is 61.3 Å². The van der Waals surface area contributed by atoms with Crippen LogP contribution in [0, 0.1) is 0 Å². The predicted molar refractivity (Wildman–Crippen MR) is 315 cm³/mol. The smallest absolute Gasteiger partial charge is 0.416 e. The number of nitrogens with zero attached hydrogens (tertiary/aromatic N) is 6. The molecular weight excluding hydrogens is 1450 g/mol. The van der Waals surface area contributed by atoms with Crippen LogP contribution in [0.4, 0.5) is 105 Å². The summed E-state index contributed by atoms with van der Waals surface area (Å²) in [4.78, 5) is 5.30. The van der Waals surface area contributed by atoms with Gasteiger partial charge in [0.2, 0.25) is 0 Å². The minimum Gasteiger partial charge on any atom is -1.00 e. The van der Waals surface area contributed by atoms with Crippen LogP contribution in [-0.4, -0.2) is 66.8 Å². The van der Waals surface area contributed by atoms with Crippen LogP contribution in [0.5, 0.6) is 0 Å². The standard InChI is InChI=1S/C70H52F24N6.2ClH/c71-63(72,73)49-25-41(26-50(33-49)64(74,75)76)37-97-57(45-13-5-1-6-14-45)58(46-15-7-2-8-16-46)98(38-42-27-51(65(77,78)79)34-52(28-42)66(80,81)82)61(97)95-21-23-96(24-22-95)62-99(39-43-29-53(67(83,84)85)35-54(30-43)68(86,87)88)59(47-17-9-3-10-18-47)60(48-19-11-4-12-20-48)100(62)40-44-31-55(69(89,90)91)36-56(32-44)70(92,93)94;;/h1-20,25-36,57-60H,21-24,37-40H2;2*1H/q+2;;/p-2/t57-,58-,59-,60-;;/m0../s1. The van der Waals surface area contributed by atoms with Gasteiger partial charge in [-0.05, 0) is 117 Å². The molecule has 3 aliphatic rings. The highest BCUT2D eigenvalue weighted by molar-refractivity contribution is 5.81. The Morgan fingerprint density at radius 1 is 0.235 bits per heavy atom. The monoisotopic (exact) mass is 1500 g/mol. The van der Waals surface area contributed by atoms with Crippen LogP contribution in [0.1, 0.15) is 113 Å². The second-order valence-electron chi connectivity index (χ2n) is 24.2. The van der Waals surface area contributed by atoms with E-state index < -0.39 is 193 Å². The van der Waals surface area contributed by atoms with Crippen molar-refractivity contribution in [2.24, 2.45) is 0 Å². The Morgan fingerprint density at radius 3 is 0.520 bits per heavy atom. The molecule has 0 aromatic heterocycles. The fourth-order valence-electron chi connectivity index (χ4n) is 13.3. The van der Waals surface area contributed by atoms with Crippen LogP contribution < -0.4 is 24.8 Å². The molecule has 11 rings (SSSR count). The van der Waals surface area contributed by atoms with Crippen LogP contribution in [-0.2, 0) is 75.6 Å². The summed E-state index contributed by atoms with van der Waals surface area (Å²) in [6.07, 6.45) is -43.4. The van der Waals surface area contributed by atoms with Crippen molar-refractivity contribution >= 4 is 11.9 Å². The van der Waals surface area contributed by atoms with E-state index in [4.69, 9.17) is 0 Å². The fraction of sp³-hybridized carbons (Fsp3) is 0.286. The Balaban J connectivity index is 0.00000605. The first-order valence-electron chi connectivity index (χ1n) is 30.2. The highest BCUT2D eigenvalue weighted by Gasteiger charge is 2.57. The van der Waals surface area contributed by atoms with E-state index in [1.807, 2.05) is 0 Å². The van der Waals surface area contributed by atoms with Crippen molar-refractivity contribution in [3.8, 4) is 0 Å². The summed E-state index contributed by atoms with van der Waals surface area (Å²) in [5, 5.41) is 0. The molecule has 8 aromatic rings. The van der Waals surface area contributed by atoms with Crippen molar-refractivity contribution in [1.29, 1.82) is 0 Å². The van der Waals surface area contributed by atoms with E-state index in [9.17, 15) is 105 Å². The van der Waals surface area contributed by atoms with Crippen molar-refractivity contribution in [2.45, 2.75) is 99.8 Å². The third-order valence-corrected chi connectivity index (χ3v) is 17.4. The highest BCUT2D eigenvalue weighted by atomic mass is 35.5. The van der Waals surface area contributed by atoms with Crippen LogP contribution in [0.2, 0.25) is 0 Å². The van der Waals surface area contributed by atoms with Gasteiger partial charge in [0.05, 0.1) is 96.9 Å². The molecule has 0 unspecified atom stereocenters. The lowest BCUT2D eigenvalue weighted by molar-refractivity contribution is -0.671. The molecule has 102 heavy (non-hydrogen) atoms. The van der Waals surface area contributed by atoms with Gasteiger partial charge in [0.1, 0.15) is 24.2 Å². The molecule has 0 radical (unpaired) electrons.